The molecule has 1 aromatic carbocycles. The van der Waals surface area contributed by atoms with Crippen LogP contribution in [0.3, 0.4) is 0 Å². The van der Waals surface area contributed by atoms with Crippen molar-refractivity contribution in [1.29, 1.82) is 0 Å². The van der Waals surface area contributed by atoms with E-state index in [4.69, 9.17) is 17.3 Å². The van der Waals surface area contributed by atoms with Crippen LogP contribution in [0.2, 0.25) is 5.02 Å². The molecule has 1 aromatic heterocycles. The molecular weight excluding hydrogens is 479 g/mol. The van der Waals surface area contributed by atoms with Crippen LogP contribution in [0.4, 0.5) is 10.1 Å². The number of benzene rings is 1. The van der Waals surface area contributed by atoms with Gasteiger partial charge >= 0.3 is 0 Å². The zero-order valence-corrected chi connectivity index (χ0v) is 21.6. The first-order valence-electron chi connectivity index (χ1n) is 12.9. The Morgan fingerprint density at radius 2 is 1.89 bits per heavy atom. The Kier molecular flexibility index (Phi) is 6.87. The highest BCUT2D eigenvalue weighted by atomic mass is 35.5. The van der Waals surface area contributed by atoms with Gasteiger partial charge in [0.1, 0.15) is 12.0 Å². The van der Waals surface area contributed by atoms with Crippen molar-refractivity contribution >= 4 is 23.2 Å². The number of anilines is 1. The number of halogens is 2. The third kappa shape index (κ3) is 4.67. The molecule has 4 aliphatic rings. The average Bonchev–Trinajstić information content (AvgIpc) is 2.82. The van der Waals surface area contributed by atoms with E-state index in [1.54, 1.807) is 18.5 Å². The first-order valence-corrected chi connectivity index (χ1v) is 13.3. The lowest BCUT2D eigenvalue weighted by Gasteiger charge is -2.60. The van der Waals surface area contributed by atoms with Gasteiger partial charge in [0.15, 0.2) is 0 Å². The van der Waals surface area contributed by atoms with Crippen molar-refractivity contribution in [1.82, 2.24) is 10.3 Å². The highest BCUT2D eigenvalue weighted by Gasteiger charge is 2.59. The van der Waals surface area contributed by atoms with Gasteiger partial charge in [0.2, 0.25) is 5.91 Å². The molecule has 1 heterocycles. The lowest BCUT2D eigenvalue weighted by molar-refractivity contribution is -0.149. The molecule has 4 aliphatic carbocycles. The van der Waals surface area contributed by atoms with Gasteiger partial charge in [0.25, 0.3) is 0 Å². The maximum absolute atomic E-state index is 13.5. The van der Waals surface area contributed by atoms with Crippen LogP contribution in [0, 0.1) is 34.9 Å². The first kappa shape index (κ1) is 25.6. The fraction of sp³-hybridized carbons (Fsp3) is 0.571. The van der Waals surface area contributed by atoms with E-state index in [1.165, 1.54) is 12.1 Å². The van der Waals surface area contributed by atoms with Crippen LogP contribution in [0.25, 0.3) is 0 Å². The molecule has 4 unspecified atom stereocenters. The van der Waals surface area contributed by atoms with Crippen molar-refractivity contribution in [2.75, 3.05) is 11.9 Å². The smallest absolute Gasteiger partial charge is 0.230 e. The summed E-state index contributed by atoms with van der Waals surface area (Å²) in [6.07, 6.45) is 7.43. The van der Waals surface area contributed by atoms with Crippen molar-refractivity contribution in [2.24, 2.45) is 34.8 Å². The Labute approximate surface area is 217 Å². The Morgan fingerprint density at radius 3 is 2.53 bits per heavy atom. The van der Waals surface area contributed by atoms with Crippen LogP contribution in [0.5, 0.6) is 0 Å². The third-order valence-electron chi connectivity index (χ3n) is 9.12. The first-order chi connectivity index (χ1) is 17.1. The van der Waals surface area contributed by atoms with Crippen molar-refractivity contribution in [3.05, 3.63) is 59.1 Å². The number of aliphatic hydroxyl groups excluding tert-OH is 1. The summed E-state index contributed by atoms with van der Waals surface area (Å²) in [5.74, 6) is 1.44. The van der Waals surface area contributed by atoms with Crippen LogP contribution < -0.4 is 16.4 Å². The van der Waals surface area contributed by atoms with Crippen LogP contribution in [-0.4, -0.2) is 34.8 Å². The molecule has 4 atom stereocenters. The Bertz CT molecular complexity index is 1100. The second-order valence-electron chi connectivity index (χ2n) is 11.8. The van der Waals surface area contributed by atoms with Gasteiger partial charge in [-0.25, -0.2) is 4.39 Å². The van der Waals surface area contributed by atoms with Gasteiger partial charge < -0.3 is 16.2 Å². The molecule has 0 radical (unpaired) electrons. The zero-order chi connectivity index (χ0) is 25.7. The molecular formula is C28H36ClFN4O2. The maximum atomic E-state index is 13.5. The molecule has 0 spiro atoms. The van der Waals surface area contributed by atoms with Crippen LogP contribution in [0.1, 0.15) is 51.5 Å². The van der Waals surface area contributed by atoms with Gasteiger partial charge in [0, 0.05) is 41.1 Å². The second kappa shape index (κ2) is 9.67. The molecule has 2 aromatic rings. The minimum Gasteiger partial charge on any atom is -0.378 e. The number of carbonyl (C=O) groups excluding carboxylic acids is 1. The number of aliphatic hydroxyl groups is 1. The number of rotatable bonds is 8. The number of pyridine rings is 1. The van der Waals surface area contributed by atoms with E-state index < -0.39 is 17.5 Å². The van der Waals surface area contributed by atoms with Crippen molar-refractivity contribution in [3.8, 4) is 0 Å². The predicted molar refractivity (Wildman–Crippen MR) is 139 cm³/mol. The molecule has 1 amide bonds. The van der Waals surface area contributed by atoms with Gasteiger partial charge in [-0.05, 0) is 85.6 Å². The van der Waals surface area contributed by atoms with Gasteiger partial charge in [-0.2, -0.15) is 0 Å². The van der Waals surface area contributed by atoms with Crippen molar-refractivity contribution in [2.45, 2.75) is 63.6 Å². The number of amides is 1. The van der Waals surface area contributed by atoms with Crippen LogP contribution in [-0.2, 0) is 10.2 Å². The van der Waals surface area contributed by atoms with Crippen molar-refractivity contribution in [3.63, 3.8) is 0 Å². The minimum atomic E-state index is -0.902. The van der Waals surface area contributed by atoms with E-state index in [0.717, 1.165) is 37.8 Å². The molecule has 0 aliphatic heterocycles. The van der Waals surface area contributed by atoms with E-state index in [2.05, 4.69) is 15.6 Å². The van der Waals surface area contributed by atoms with E-state index in [-0.39, 0.29) is 17.4 Å². The van der Waals surface area contributed by atoms with E-state index >= 15 is 0 Å². The molecule has 4 fully saturated rings. The SMILES string of the molecule is CC(C)(c1ccc(F)cc1Cl)C(O)NCC(N)C1C2CC3CC1CC(C(=O)Nc1ccncc1)(C3)C2. The number of nitrogens with two attached hydrogens (primary N) is 1. The number of aromatic nitrogens is 1. The van der Waals surface area contributed by atoms with Crippen LogP contribution in [0.15, 0.2) is 42.7 Å². The molecule has 6 nitrogen and oxygen atoms in total. The second-order valence-corrected chi connectivity index (χ2v) is 12.2. The summed E-state index contributed by atoms with van der Waals surface area (Å²) < 4.78 is 13.5. The fourth-order valence-electron chi connectivity index (χ4n) is 7.54. The number of nitrogens with zero attached hydrogens (tertiary/aromatic N) is 1. The fourth-order valence-corrected chi connectivity index (χ4v) is 7.95. The van der Waals surface area contributed by atoms with E-state index in [9.17, 15) is 14.3 Å². The molecule has 4 bridgehead atoms. The number of hydrogen-bond acceptors (Lipinski definition) is 5. The molecule has 5 N–H and O–H groups in total. The molecule has 6 rings (SSSR count). The van der Waals surface area contributed by atoms with Gasteiger partial charge in [-0.1, -0.05) is 31.5 Å². The molecule has 36 heavy (non-hydrogen) atoms. The monoisotopic (exact) mass is 514 g/mol. The summed E-state index contributed by atoms with van der Waals surface area (Å²) >= 11 is 6.28. The van der Waals surface area contributed by atoms with Crippen LogP contribution >= 0.6 is 11.6 Å². The van der Waals surface area contributed by atoms with Gasteiger partial charge in [-0.3, -0.25) is 15.1 Å². The van der Waals surface area contributed by atoms with Gasteiger partial charge in [-0.15, -0.1) is 0 Å². The molecule has 0 saturated heterocycles. The summed E-state index contributed by atoms with van der Waals surface area (Å²) in [6, 6.07) is 7.78. The topological polar surface area (TPSA) is 100 Å². The summed E-state index contributed by atoms with van der Waals surface area (Å²) in [4.78, 5) is 17.4. The Morgan fingerprint density at radius 1 is 1.22 bits per heavy atom. The lowest BCUT2D eigenvalue weighted by Crippen LogP contribution is -2.61. The van der Waals surface area contributed by atoms with Gasteiger partial charge in [0.05, 0.1) is 5.41 Å². The molecule has 8 heteroatoms. The summed E-state index contributed by atoms with van der Waals surface area (Å²) in [7, 11) is 0. The Hall–Kier alpha value is -2.06. The summed E-state index contributed by atoms with van der Waals surface area (Å²) in [5, 5.41) is 17.7. The highest BCUT2D eigenvalue weighted by Crippen LogP contribution is 2.63. The largest absolute Gasteiger partial charge is 0.378 e. The normalized spacial score (nSPS) is 30.7. The average molecular weight is 515 g/mol. The minimum absolute atomic E-state index is 0.130. The highest BCUT2D eigenvalue weighted by molar-refractivity contribution is 6.31. The summed E-state index contributed by atoms with van der Waals surface area (Å²) in [6.45, 7) is 4.22. The zero-order valence-electron chi connectivity index (χ0n) is 20.9. The molecule has 194 valence electrons. The lowest BCUT2D eigenvalue weighted by atomic mass is 9.45. The van der Waals surface area contributed by atoms with E-state index in [1.807, 2.05) is 26.0 Å². The van der Waals surface area contributed by atoms with E-state index in [0.29, 0.717) is 40.8 Å². The summed E-state index contributed by atoms with van der Waals surface area (Å²) in [5.41, 5.74) is 7.19. The quantitative estimate of drug-likeness (QED) is 0.389. The third-order valence-corrected chi connectivity index (χ3v) is 9.43. The molecule has 4 saturated carbocycles. The number of hydrogen-bond donors (Lipinski definition) is 4. The number of nitrogens with one attached hydrogen (secondary N) is 2. The Balaban J connectivity index is 1.23. The number of carbonyl (C=O) groups is 1. The standard InChI is InChI=1S/C28H36ClFN4O2/c1-27(2,21-4-3-19(30)11-22(21)29)25(35)33-15-23(31)24-17-9-16-10-18(24)14-28(12-16,13-17)26(36)34-20-5-7-32-8-6-20/h3-8,11,16-18,23-25,33,35H,9-10,12-15,31H2,1-2H3,(H,32,34,36). The maximum Gasteiger partial charge on any atom is 0.230 e. The van der Waals surface area contributed by atoms with Crippen molar-refractivity contribution < 1.29 is 14.3 Å². The predicted octanol–water partition coefficient (Wildman–Crippen LogP) is 4.47.